The molecule has 1 aromatic heterocycles. The highest BCUT2D eigenvalue weighted by Gasteiger charge is 2.22. The molecule has 1 saturated heterocycles. The molecular formula is C14H18N4O. The van der Waals surface area contributed by atoms with E-state index in [1.54, 1.807) is 6.07 Å². The Balaban J connectivity index is 1.99. The fourth-order valence-corrected chi connectivity index (χ4v) is 2.78. The van der Waals surface area contributed by atoms with Crippen molar-refractivity contribution in [1.82, 2.24) is 15.1 Å². The number of nitrogens with two attached hydrogens (primary N) is 1. The summed E-state index contributed by atoms with van der Waals surface area (Å²) in [5.41, 5.74) is 7.93. The first-order chi connectivity index (χ1) is 9.15. The van der Waals surface area contributed by atoms with E-state index in [4.69, 9.17) is 5.73 Å². The summed E-state index contributed by atoms with van der Waals surface area (Å²) in [6, 6.07) is 5.47. The highest BCUT2D eigenvalue weighted by atomic mass is 16.1. The molecule has 100 valence electrons. The molecule has 0 aliphatic carbocycles. The lowest BCUT2D eigenvalue weighted by Gasteiger charge is -2.28. The molecular weight excluding hydrogens is 240 g/mol. The largest absolute Gasteiger partial charge is 0.366 e. The number of carbonyl (C=O) groups is 1. The molecule has 5 heteroatoms. The quantitative estimate of drug-likeness (QED) is 0.856. The molecule has 1 aromatic carbocycles. The number of piperidine rings is 1. The maximum Gasteiger partial charge on any atom is 0.248 e. The predicted octanol–water partition coefficient (Wildman–Crippen LogP) is 1.47. The average Bonchev–Trinajstić information content (AvgIpc) is 2.82. The number of aromatic nitrogens is 2. The molecule has 0 radical (unpaired) electrons. The Morgan fingerprint density at radius 1 is 1.42 bits per heavy atom. The van der Waals surface area contributed by atoms with E-state index in [1.165, 1.54) is 0 Å². The SMILES string of the molecule is CN1CCC(c2n[nH]c3ccc(C(N)=O)cc23)CC1. The van der Waals surface area contributed by atoms with E-state index in [1.807, 2.05) is 12.1 Å². The number of primary amides is 1. The number of rotatable bonds is 2. The lowest BCUT2D eigenvalue weighted by atomic mass is 9.91. The second-order valence-electron chi connectivity index (χ2n) is 5.31. The number of H-pyrrole nitrogens is 1. The molecule has 19 heavy (non-hydrogen) atoms. The molecule has 2 heterocycles. The molecule has 1 fully saturated rings. The predicted molar refractivity (Wildman–Crippen MR) is 74.1 cm³/mol. The number of aromatic amines is 1. The number of nitrogens with one attached hydrogen (secondary N) is 1. The Hall–Kier alpha value is -1.88. The fourth-order valence-electron chi connectivity index (χ4n) is 2.78. The van der Waals surface area contributed by atoms with Crippen molar-refractivity contribution in [3.05, 3.63) is 29.5 Å². The van der Waals surface area contributed by atoms with Crippen LogP contribution in [-0.2, 0) is 0 Å². The number of likely N-dealkylation sites (tertiary alicyclic amines) is 1. The fraction of sp³-hybridized carbons (Fsp3) is 0.429. The highest BCUT2D eigenvalue weighted by molar-refractivity contribution is 5.97. The Morgan fingerprint density at radius 3 is 2.84 bits per heavy atom. The van der Waals surface area contributed by atoms with Gasteiger partial charge in [-0.05, 0) is 51.2 Å². The maximum atomic E-state index is 11.3. The average molecular weight is 258 g/mol. The van der Waals surface area contributed by atoms with Gasteiger partial charge in [-0.3, -0.25) is 9.89 Å². The number of benzene rings is 1. The van der Waals surface area contributed by atoms with E-state index >= 15 is 0 Å². The van der Waals surface area contributed by atoms with Gasteiger partial charge in [0.05, 0.1) is 11.2 Å². The molecule has 2 aromatic rings. The molecule has 0 spiro atoms. The van der Waals surface area contributed by atoms with Gasteiger partial charge < -0.3 is 10.6 Å². The summed E-state index contributed by atoms with van der Waals surface area (Å²) in [6.07, 6.45) is 2.22. The van der Waals surface area contributed by atoms with Gasteiger partial charge in [0.25, 0.3) is 0 Å². The number of nitrogens with zero attached hydrogens (tertiary/aromatic N) is 2. The first-order valence-electron chi connectivity index (χ1n) is 6.61. The van der Waals surface area contributed by atoms with E-state index in [0.717, 1.165) is 42.5 Å². The summed E-state index contributed by atoms with van der Waals surface area (Å²) in [6.45, 7) is 2.18. The van der Waals surface area contributed by atoms with E-state index in [2.05, 4.69) is 22.1 Å². The van der Waals surface area contributed by atoms with Gasteiger partial charge in [0.2, 0.25) is 5.91 Å². The Kier molecular flexibility index (Phi) is 2.98. The van der Waals surface area contributed by atoms with Crippen molar-refractivity contribution in [2.24, 2.45) is 5.73 Å². The molecule has 0 bridgehead atoms. The van der Waals surface area contributed by atoms with Gasteiger partial charge in [-0.2, -0.15) is 5.10 Å². The van der Waals surface area contributed by atoms with Gasteiger partial charge in [-0.15, -0.1) is 0 Å². The molecule has 1 amide bonds. The minimum Gasteiger partial charge on any atom is -0.366 e. The van der Waals surface area contributed by atoms with Crippen molar-refractivity contribution in [3.8, 4) is 0 Å². The van der Waals surface area contributed by atoms with Crippen LogP contribution in [0.5, 0.6) is 0 Å². The van der Waals surface area contributed by atoms with Crippen LogP contribution in [0.3, 0.4) is 0 Å². The zero-order chi connectivity index (χ0) is 13.4. The monoisotopic (exact) mass is 258 g/mol. The van der Waals surface area contributed by atoms with Crippen molar-refractivity contribution in [3.63, 3.8) is 0 Å². The smallest absolute Gasteiger partial charge is 0.248 e. The second-order valence-corrected chi connectivity index (χ2v) is 5.31. The molecule has 3 N–H and O–H groups in total. The lowest BCUT2D eigenvalue weighted by Crippen LogP contribution is -2.29. The zero-order valence-electron chi connectivity index (χ0n) is 11.0. The van der Waals surface area contributed by atoms with E-state index < -0.39 is 5.91 Å². The third kappa shape index (κ3) is 2.21. The number of hydrogen-bond donors (Lipinski definition) is 2. The summed E-state index contributed by atoms with van der Waals surface area (Å²) < 4.78 is 0. The van der Waals surface area contributed by atoms with Crippen molar-refractivity contribution in [2.45, 2.75) is 18.8 Å². The number of hydrogen-bond acceptors (Lipinski definition) is 3. The topological polar surface area (TPSA) is 75.0 Å². The summed E-state index contributed by atoms with van der Waals surface area (Å²) >= 11 is 0. The van der Waals surface area contributed by atoms with Crippen LogP contribution in [0.2, 0.25) is 0 Å². The molecule has 3 rings (SSSR count). The standard InChI is InChI=1S/C14H18N4O/c1-18-6-4-9(5-7-18)13-11-8-10(14(15)19)2-3-12(11)16-17-13/h2-3,8-9H,4-7H2,1H3,(H2,15,19)(H,16,17). The van der Waals surface area contributed by atoms with Crippen LogP contribution >= 0.6 is 0 Å². The molecule has 0 saturated carbocycles. The molecule has 1 aliphatic rings. The van der Waals surface area contributed by atoms with Crippen LogP contribution in [0.4, 0.5) is 0 Å². The van der Waals surface area contributed by atoms with Crippen LogP contribution in [0.25, 0.3) is 10.9 Å². The minimum atomic E-state index is -0.391. The third-order valence-electron chi connectivity index (χ3n) is 3.98. The van der Waals surface area contributed by atoms with Gasteiger partial charge in [0, 0.05) is 16.9 Å². The van der Waals surface area contributed by atoms with Gasteiger partial charge in [0.15, 0.2) is 0 Å². The van der Waals surface area contributed by atoms with Crippen LogP contribution in [0.15, 0.2) is 18.2 Å². The zero-order valence-corrected chi connectivity index (χ0v) is 11.0. The molecule has 5 nitrogen and oxygen atoms in total. The van der Waals surface area contributed by atoms with E-state index in [0.29, 0.717) is 11.5 Å². The number of amides is 1. The van der Waals surface area contributed by atoms with Gasteiger partial charge in [-0.25, -0.2) is 0 Å². The summed E-state index contributed by atoms with van der Waals surface area (Å²) in [5.74, 6) is 0.0745. The van der Waals surface area contributed by atoms with Crippen molar-refractivity contribution in [1.29, 1.82) is 0 Å². The Bertz CT molecular complexity index is 611. The van der Waals surface area contributed by atoms with Gasteiger partial charge >= 0.3 is 0 Å². The lowest BCUT2D eigenvalue weighted by molar-refractivity contribution is 0.100. The van der Waals surface area contributed by atoms with Crippen molar-refractivity contribution >= 4 is 16.8 Å². The Labute approximate surface area is 111 Å². The number of fused-ring (bicyclic) bond motifs is 1. The van der Waals surface area contributed by atoms with Gasteiger partial charge in [-0.1, -0.05) is 0 Å². The van der Waals surface area contributed by atoms with Crippen molar-refractivity contribution < 1.29 is 4.79 Å². The second kappa shape index (κ2) is 4.66. The van der Waals surface area contributed by atoms with Crippen molar-refractivity contribution in [2.75, 3.05) is 20.1 Å². The van der Waals surface area contributed by atoms with Crippen LogP contribution in [0, 0.1) is 0 Å². The van der Waals surface area contributed by atoms with E-state index in [9.17, 15) is 4.79 Å². The summed E-state index contributed by atoms with van der Waals surface area (Å²) in [7, 11) is 2.14. The first kappa shape index (κ1) is 12.2. The minimum absolute atomic E-state index is 0.391. The summed E-state index contributed by atoms with van der Waals surface area (Å²) in [5, 5.41) is 8.53. The van der Waals surface area contributed by atoms with Crippen LogP contribution in [0.1, 0.15) is 34.8 Å². The van der Waals surface area contributed by atoms with Crippen LogP contribution in [-0.4, -0.2) is 41.1 Å². The normalized spacial score (nSPS) is 17.9. The summed E-state index contributed by atoms with van der Waals surface area (Å²) in [4.78, 5) is 13.6. The molecule has 0 atom stereocenters. The highest BCUT2D eigenvalue weighted by Crippen LogP contribution is 2.31. The maximum absolute atomic E-state index is 11.3. The van der Waals surface area contributed by atoms with Gasteiger partial charge in [0.1, 0.15) is 0 Å². The van der Waals surface area contributed by atoms with Crippen LogP contribution < -0.4 is 5.73 Å². The van der Waals surface area contributed by atoms with E-state index in [-0.39, 0.29) is 0 Å². The first-order valence-corrected chi connectivity index (χ1v) is 6.61. The molecule has 1 aliphatic heterocycles. The Morgan fingerprint density at radius 2 is 2.16 bits per heavy atom. The third-order valence-corrected chi connectivity index (χ3v) is 3.98. The number of carbonyl (C=O) groups excluding carboxylic acids is 1. The molecule has 0 unspecified atom stereocenters.